The van der Waals surface area contributed by atoms with Crippen molar-refractivity contribution in [1.29, 1.82) is 0 Å². The van der Waals surface area contributed by atoms with E-state index in [1.54, 1.807) is 18.2 Å². The second kappa shape index (κ2) is 5.74. The van der Waals surface area contributed by atoms with Crippen LogP contribution in [0, 0.1) is 0 Å². The summed E-state index contributed by atoms with van der Waals surface area (Å²) in [7, 11) is 0.967. The molecule has 0 radical (unpaired) electrons. The van der Waals surface area contributed by atoms with Crippen molar-refractivity contribution in [1.82, 2.24) is 5.32 Å². The number of amides is 1. The smallest absolute Gasteiger partial charge is 0.494 e. The van der Waals surface area contributed by atoms with Crippen LogP contribution in [0.2, 0.25) is 0 Å². The number of nitrogens with one attached hydrogen (secondary N) is 1. The lowest BCUT2D eigenvalue weighted by molar-refractivity contribution is 0.00578. The molecule has 0 unspecified atom stereocenters. The van der Waals surface area contributed by atoms with Gasteiger partial charge in [0.05, 0.1) is 29.9 Å². The molecular formula is C17H23BFNO4. The number of alkyl halides is 1. The van der Waals surface area contributed by atoms with Crippen LogP contribution in [0.1, 0.15) is 44.5 Å². The second-order valence-electron chi connectivity index (χ2n) is 7.38. The first-order valence-corrected chi connectivity index (χ1v) is 8.13. The number of benzene rings is 1. The number of rotatable bonds is 4. The highest BCUT2D eigenvalue weighted by atomic mass is 19.1. The van der Waals surface area contributed by atoms with E-state index < -0.39 is 24.5 Å². The third-order valence-corrected chi connectivity index (χ3v) is 5.02. The van der Waals surface area contributed by atoms with Gasteiger partial charge in [-0.2, -0.15) is 0 Å². The van der Waals surface area contributed by atoms with Crippen LogP contribution >= 0.6 is 0 Å². The maximum absolute atomic E-state index is 13.0. The highest BCUT2D eigenvalue weighted by molar-refractivity contribution is 6.62. The van der Waals surface area contributed by atoms with E-state index in [2.05, 4.69) is 5.32 Å². The molecule has 1 N–H and O–H groups in total. The van der Waals surface area contributed by atoms with Crippen molar-refractivity contribution in [2.45, 2.75) is 57.5 Å². The Balaban J connectivity index is 1.81. The lowest BCUT2D eigenvalue weighted by Crippen LogP contribution is -2.41. The fourth-order valence-corrected chi connectivity index (χ4v) is 2.58. The number of halogens is 1. The minimum absolute atomic E-state index is 0.336. The van der Waals surface area contributed by atoms with Gasteiger partial charge in [-0.3, -0.25) is 4.79 Å². The zero-order valence-corrected chi connectivity index (χ0v) is 14.7. The fourth-order valence-electron chi connectivity index (χ4n) is 2.58. The summed E-state index contributed by atoms with van der Waals surface area (Å²) in [5.74, 6) is 0.0771. The Morgan fingerprint density at radius 1 is 1.29 bits per heavy atom. The molecule has 0 bridgehead atoms. The van der Waals surface area contributed by atoms with Crippen molar-refractivity contribution >= 4 is 18.5 Å². The van der Waals surface area contributed by atoms with Crippen LogP contribution in [0.3, 0.4) is 0 Å². The maximum atomic E-state index is 13.0. The summed E-state index contributed by atoms with van der Waals surface area (Å²) in [6.07, 6.45) is -0.566. The maximum Gasteiger partial charge on any atom is 0.494 e. The Morgan fingerprint density at radius 2 is 1.88 bits per heavy atom. The third-order valence-electron chi connectivity index (χ3n) is 5.02. The molecule has 1 aliphatic heterocycles. The average molecular weight is 335 g/mol. The molecule has 1 amide bonds. The van der Waals surface area contributed by atoms with Gasteiger partial charge in [0, 0.05) is 6.42 Å². The number of methoxy groups -OCH3 is 1. The number of ether oxygens (including phenoxy) is 1. The molecular weight excluding hydrogens is 312 g/mol. The zero-order valence-electron chi connectivity index (χ0n) is 14.7. The van der Waals surface area contributed by atoms with Gasteiger partial charge in [0.15, 0.2) is 0 Å². The Labute approximate surface area is 142 Å². The Kier molecular flexibility index (Phi) is 4.12. The van der Waals surface area contributed by atoms with Crippen LogP contribution < -0.4 is 15.5 Å². The summed E-state index contributed by atoms with van der Waals surface area (Å²) in [5, 5.41) is 2.65. The van der Waals surface area contributed by atoms with Gasteiger partial charge in [-0.25, -0.2) is 4.39 Å². The van der Waals surface area contributed by atoms with E-state index in [-0.39, 0.29) is 11.9 Å². The van der Waals surface area contributed by atoms with E-state index in [1.165, 1.54) is 7.11 Å². The van der Waals surface area contributed by atoms with Gasteiger partial charge in [-0.05, 0) is 45.3 Å². The van der Waals surface area contributed by atoms with Gasteiger partial charge >= 0.3 is 7.12 Å². The number of hydrogen-bond acceptors (Lipinski definition) is 4. The fraction of sp³-hybridized carbons (Fsp3) is 0.588. The van der Waals surface area contributed by atoms with Crippen LogP contribution in [0.5, 0.6) is 5.75 Å². The molecule has 0 spiro atoms. The lowest BCUT2D eigenvalue weighted by atomic mass is 9.78. The van der Waals surface area contributed by atoms with Crippen molar-refractivity contribution < 1.29 is 23.2 Å². The first-order chi connectivity index (χ1) is 11.1. The monoisotopic (exact) mass is 335 g/mol. The predicted octanol–water partition coefficient (Wildman–Crippen LogP) is 1.83. The van der Waals surface area contributed by atoms with Crippen LogP contribution in [-0.2, 0) is 9.31 Å². The standard InChI is InChI=1S/C17H23BFNO4/c1-16(2)17(3,4)24-18(23-16)10-6-7-11(14(8-10)22-5)15(21)20-13-9-12(13)19/h6-8,12-13H,9H2,1-5H3,(H,20,21)/t12-,13-/m1/s1. The summed E-state index contributed by atoms with van der Waals surface area (Å²) in [5.41, 5.74) is 0.264. The van der Waals surface area contributed by atoms with Crippen LogP contribution in [0.25, 0.3) is 0 Å². The first-order valence-electron chi connectivity index (χ1n) is 8.13. The van der Waals surface area contributed by atoms with Gasteiger partial charge in [-0.1, -0.05) is 6.07 Å². The number of hydrogen-bond donors (Lipinski definition) is 1. The van der Waals surface area contributed by atoms with Crippen LogP contribution in [0.4, 0.5) is 4.39 Å². The summed E-state index contributed by atoms with van der Waals surface area (Å²) in [6, 6.07) is 4.78. The highest BCUT2D eigenvalue weighted by Gasteiger charge is 2.51. The predicted molar refractivity (Wildman–Crippen MR) is 89.5 cm³/mol. The van der Waals surface area contributed by atoms with E-state index >= 15 is 0 Å². The molecule has 1 aromatic carbocycles. The molecule has 2 atom stereocenters. The number of carbonyl (C=O) groups excluding carboxylic acids is 1. The van der Waals surface area contributed by atoms with Gasteiger partial charge in [-0.15, -0.1) is 0 Å². The average Bonchev–Trinajstić information content (AvgIpc) is 3.13. The molecule has 1 aliphatic carbocycles. The highest BCUT2D eigenvalue weighted by Crippen LogP contribution is 2.36. The third kappa shape index (κ3) is 3.02. The summed E-state index contributed by atoms with van der Waals surface area (Å²) >= 11 is 0. The molecule has 1 saturated carbocycles. The normalized spacial score (nSPS) is 27.0. The molecule has 1 saturated heterocycles. The van der Waals surface area contributed by atoms with Crippen molar-refractivity contribution in [3.63, 3.8) is 0 Å². The second-order valence-corrected chi connectivity index (χ2v) is 7.38. The van der Waals surface area contributed by atoms with Crippen molar-refractivity contribution in [2.24, 2.45) is 0 Å². The van der Waals surface area contributed by atoms with Crippen molar-refractivity contribution in [2.75, 3.05) is 7.11 Å². The van der Waals surface area contributed by atoms with E-state index in [1.807, 2.05) is 27.7 Å². The minimum atomic E-state index is -0.941. The molecule has 2 fully saturated rings. The minimum Gasteiger partial charge on any atom is -0.496 e. The van der Waals surface area contributed by atoms with Crippen LogP contribution in [-0.4, -0.2) is 43.6 Å². The largest absolute Gasteiger partial charge is 0.496 e. The van der Waals surface area contributed by atoms with E-state index in [0.29, 0.717) is 17.7 Å². The summed E-state index contributed by atoms with van der Waals surface area (Å²) < 4.78 is 30.3. The first kappa shape index (κ1) is 17.2. The van der Waals surface area contributed by atoms with Gasteiger partial charge in [0.1, 0.15) is 11.9 Å². The van der Waals surface area contributed by atoms with Gasteiger partial charge < -0.3 is 19.4 Å². The van der Waals surface area contributed by atoms with Gasteiger partial charge in [0.25, 0.3) is 5.91 Å². The molecule has 1 aromatic rings. The molecule has 130 valence electrons. The molecule has 1 heterocycles. The number of carbonyl (C=O) groups is 1. The summed E-state index contributed by atoms with van der Waals surface area (Å²) in [6.45, 7) is 7.92. The Morgan fingerprint density at radius 3 is 2.38 bits per heavy atom. The van der Waals surface area contributed by atoms with Crippen molar-refractivity contribution in [3.8, 4) is 5.75 Å². The van der Waals surface area contributed by atoms with Crippen LogP contribution in [0.15, 0.2) is 18.2 Å². The quantitative estimate of drug-likeness (QED) is 0.853. The lowest BCUT2D eigenvalue weighted by Gasteiger charge is -2.32. The van der Waals surface area contributed by atoms with Crippen molar-refractivity contribution in [3.05, 3.63) is 23.8 Å². The molecule has 0 aromatic heterocycles. The zero-order chi connectivity index (χ0) is 17.7. The Bertz CT molecular complexity index is 648. The molecule has 7 heteroatoms. The van der Waals surface area contributed by atoms with E-state index in [9.17, 15) is 9.18 Å². The molecule has 24 heavy (non-hydrogen) atoms. The van der Waals surface area contributed by atoms with Gasteiger partial charge in [0.2, 0.25) is 0 Å². The SMILES string of the molecule is COc1cc(B2OC(C)(C)C(C)(C)O2)ccc1C(=O)N[C@@H]1C[C@H]1F. The molecule has 3 rings (SSSR count). The molecule has 2 aliphatic rings. The molecule has 5 nitrogen and oxygen atoms in total. The topological polar surface area (TPSA) is 56.8 Å². The van der Waals surface area contributed by atoms with E-state index in [0.717, 1.165) is 5.46 Å². The summed E-state index contributed by atoms with van der Waals surface area (Å²) in [4.78, 5) is 12.2. The Hall–Kier alpha value is -1.60. The van der Waals surface area contributed by atoms with E-state index in [4.69, 9.17) is 14.0 Å².